The number of fused-ring (bicyclic) bond motifs is 2. The minimum absolute atomic E-state index is 0.129. The van der Waals surface area contributed by atoms with Gasteiger partial charge in [-0.1, -0.05) is 0 Å². The average molecular weight is 468 g/mol. The van der Waals surface area contributed by atoms with Gasteiger partial charge >= 0.3 is 0 Å². The maximum Gasteiger partial charge on any atom is 0.254 e. The van der Waals surface area contributed by atoms with Crippen molar-refractivity contribution in [3.05, 3.63) is 42.2 Å². The minimum Gasteiger partial charge on any atom is -0.494 e. The molecule has 1 aromatic carbocycles. The molecule has 4 fully saturated rings. The predicted octanol–water partition coefficient (Wildman–Crippen LogP) is 4.49. The molecule has 4 atom stereocenters. The van der Waals surface area contributed by atoms with Crippen LogP contribution in [0.5, 0.6) is 5.75 Å². The van der Waals surface area contributed by atoms with Gasteiger partial charge in [-0.15, -0.1) is 0 Å². The molecule has 1 amide bonds. The van der Waals surface area contributed by atoms with Crippen LogP contribution < -0.4 is 4.74 Å². The molecular formula is C28H29N5O2. The van der Waals surface area contributed by atoms with E-state index in [1.165, 1.54) is 31.1 Å². The lowest BCUT2D eigenvalue weighted by molar-refractivity contribution is -0.0204. The number of nitrogens with zero attached hydrogens (tertiary/aromatic N) is 5. The molecule has 8 rings (SSSR count). The third kappa shape index (κ3) is 2.69. The first-order valence-corrected chi connectivity index (χ1v) is 12.9. The fourth-order valence-electron chi connectivity index (χ4n) is 7.22. The van der Waals surface area contributed by atoms with Crippen molar-refractivity contribution in [2.45, 2.75) is 38.3 Å². The summed E-state index contributed by atoms with van der Waals surface area (Å²) in [6, 6.07) is 8.60. The van der Waals surface area contributed by atoms with Crippen molar-refractivity contribution in [3.8, 4) is 17.3 Å². The van der Waals surface area contributed by atoms with Crippen molar-refractivity contribution < 1.29 is 9.53 Å². The van der Waals surface area contributed by atoms with E-state index in [4.69, 9.17) is 9.72 Å². The van der Waals surface area contributed by atoms with E-state index in [0.717, 1.165) is 64.8 Å². The Morgan fingerprint density at radius 1 is 1.17 bits per heavy atom. The highest BCUT2D eigenvalue weighted by Gasteiger charge is 2.61. The second-order valence-corrected chi connectivity index (χ2v) is 11.2. The summed E-state index contributed by atoms with van der Waals surface area (Å²) in [6.07, 6.45) is 8.84. The molecule has 3 saturated carbocycles. The zero-order valence-corrected chi connectivity index (χ0v) is 20.1. The summed E-state index contributed by atoms with van der Waals surface area (Å²) in [5.41, 5.74) is 4.65. The number of aromatic nitrogens is 4. The number of carbonyl (C=O) groups is 1. The van der Waals surface area contributed by atoms with Crippen molar-refractivity contribution in [1.29, 1.82) is 0 Å². The van der Waals surface area contributed by atoms with Crippen molar-refractivity contribution in [2.75, 3.05) is 13.7 Å². The Balaban J connectivity index is 1.25. The number of ether oxygens (including phenoxy) is 1. The molecule has 7 nitrogen and oxygen atoms in total. The van der Waals surface area contributed by atoms with E-state index in [2.05, 4.69) is 31.2 Å². The number of aryl methyl sites for hydroxylation is 1. The normalized spacial score (nSPS) is 26.6. The highest BCUT2D eigenvalue weighted by Crippen LogP contribution is 2.60. The number of hydrogen-bond acceptors (Lipinski definition) is 4. The fraction of sp³-hybridized carbons (Fsp3) is 0.464. The average Bonchev–Trinajstić information content (AvgIpc) is 3.52. The smallest absolute Gasteiger partial charge is 0.254 e. The first-order chi connectivity index (χ1) is 17.1. The standard InChI is InChI=1S/C28H29N5O2/c1-31-26-20(30-27(31)22-9-16-5-6-29-12-23(16)32(22)13-15-3-4-15)8-18(11-24(26)35-2)28(34)33-14-19-7-17-10-21(33)25(17)19/h5-6,8-9,11-12,15,17,19,21,25H,3-4,7,10,13-14H2,1-2H3/t17?,19-,21-,25-/m1/s1. The molecular weight excluding hydrogens is 438 g/mol. The SMILES string of the molecule is COc1cc(C(=O)N2C[C@H]3CC4C[C@@H]2[C@H]43)cc2nc(-c3cc4ccncc4n3CC3CC3)n(C)c12. The van der Waals surface area contributed by atoms with Gasteiger partial charge in [0.15, 0.2) is 5.82 Å². The Labute approximate surface area is 203 Å². The van der Waals surface area contributed by atoms with Gasteiger partial charge < -0.3 is 18.8 Å². The van der Waals surface area contributed by atoms with Crippen LogP contribution >= 0.6 is 0 Å². The quantitative estimate of drug-likeness (QED) is 0.434. The largest absolute Gasteiger partial charge is 0.494 e. The molecule has 7 heteroatoms. The van der Waals surface area contributed by atoms with Crippen LogP contribution in [0.1, 0.15) is 36.0 Å². The molecule has 1 unspecified atom stereocenters. The van der Waals surface area contributed by atoms with Gasteiger partial charge in [-0.3, -0.25) is 9.78 Å². The lowest BCUT2D eigenvalue weighted by Gasteiger charge is -2.52. The van der Waals surface area contributed by atoms with E-state index in [9.17, 15) is 4.79 Å². The summed E-state index contributed by atoms with van der Waals surface area (Å²) in [4.78, 5) is 25.2. The zero-order valence-electron chi connectivity index (χ0n) is 20.1. The summed E-state index contributed by atoms with van der Waals surface area (Å²) in [7, 11) is 3.72. The molecule has 1 saturated heterocycles. The van der Waals surface area contributed by atoms with Gasteiger partial charge in [0.1, 0.15) is 11.3 Å². The van der Waals surface area contributed by atoms with Crippen LogP contribution in [0.3, 0.4) is 0 Å². The molecule has 4 aromatic rings. The third-order valence-electron chi connectivity index (χ3n) is 9.25. The number of carbonyl (C=O) groups excluding carboxylic acids is 1. The van der Waals surface area contributed by atoms with Crippen LogP contribution in [0.15, 0.2) is 36.7 Å². The van der Waals surface area contributed by atoms with Crippen LogP contribution in [0.25, 0.3) is 33.5 Å². The Morgan fingerprint density at radius 2 is 2.06 bits per heavy atom. The van der Waals surface area contributed by atoms with Crippen LogP contribution in [-0.2, 0) is 13.6 Å². The number of methoxy groups -OCH3 is 1. The Morgan fingerprint density at radius 3 is 2.83 bits per heavy atom. The Kier molecular flexibility index (Phi) is 3.90. The molecule has 4 aliphatic rings. The van der Waals surface area contributed by atoms with Gasteiger partial charge in [0.05, 0.1) is 30.0 Å². The number of amides is 1. The summed E-state index contributed by atoms with van der Waals surface area (Å²) in [6.45, 7) is 1.89. The van der Waals surface area contributed by atoms with Gasteiger partial charge in [0.25, 0.3) is 5.91 Å². The van der Waals surface area contributed by atoms with Crippen LogP contribution in [0, 0.1) is 23.7 Å². The van der Waals surface area contributed by atoms with E-state index in [-0.39, 0.29) is 5.91 Å². The van der Waals surface area contributed by atoms with E-state index in [1.807, 2.05) is 31.6 Å². The van der Waals surface area contributed by atoms with E-state index >= 15 is 0 Å². The maximum absolute atomic E-state index is 13.6. The lowest BCUT2D eigenvalue weighted by atomic mass is 9.53. The molecule has 3 aliphatic carbocycles. The van der Waals surface area contributed by atoms with Crippen LogP contribution in [0.4, 0.5) is 0 Å². The Bertz CT molecular complexity index is 1530. The number of hydrogen-bond donors (Lipinski definition) is 0. The first kappa shape index (κ1) is 19.9. The van der Waals surface area contributed by atoms with Gasteiger partial charge in [0.2, 0.25) is 0 Å². The minimum atomic E-state index is 0.129. The summed E-state index contributed by atoms with van der Waals surface area (Å²) in [5, 5.41) is 1.17. The molecule has 0 spiro atoms. The molecule has 178 valence electrons. The molecule has 0 radical (unpaired) electrons. The number of benzene rings is 1. The van der Waals surface area contributed by atoms with Crippen molar-refractivity contribution in [2.24, 2.45) is 30.7 Å². The van der Waals surface area contributed by atoms with Crippen molar-refractivity contribution in [1.82, 2.24) is 24.0 Å². The maximum atomic E-state index is 13.6. The van der Waals surface area contributed by atoms with Crippen molar-refractivity contribution >= 4 is 27.8 Å². The van der Waals surface area contributed by atoms with E-state index in [0.29, 0.717) is 17.4 Å². The second-order valence-electron chi connectivity index (χ2n) is 11.2. The first-order valence-electron chi connectivity index (χ1n) is 12.9. The molecule has 4 heterocycles. The van der Waals surface area contributed by atoms with Gasteiger partial charge in [-0.05, 0) is 73.6 Å². The number of imidazole rings is 1. The third-order valence-corrected chi connectivity index (χ3v) is 9.25. The molecule has 0 N–H and O–H groups in total. The number of likely N-dealkylation sites (tertiary alicyclic amines) is 1. The number of pyridine rings is 1. The van der Waals surface area contributed by atoms with Crippen molar-refractivity contribution in [3.63, 3.8) is 0 Å². The number of rotatable bonds is 5. The monoisotopic (exact) mass is 467 g/mol. The molecule has 3 aromatic heterocycles. The second kappa shape index (κ2) is 6.86. The zero-order chi connectivity index (χ0) is 23.4. The van der Waals surface area contributed by atoms with Gasteiger partial charge in [-0.2, -0.15) is 0 Å². The van der Waals surface area contributed by atoms with E-state index in [1.54, 1.807) is 7.11 Å². The summed E-state index contributed by atoms with van der Waals surface area (Å²) in [5.74, 6) is 4.79. The molecule has 1 aliphatic heterocycles. The molecule has 35 heavy (non-hydrogen) atoms. The predicted molar refractivity (Wildman–Crippen MR) is 133 cm³/mol. The lowest BCUT2D eigenvalue weighted by Crippen LogP contribution is -2.53. The van der Waals surface area contributed by atoms with Crippen LogP contribution in [0.2, 0.25) is 0 Å². The van der Waals surface area contributed by atoms with E-state index < -0.39 is 0 Å². The van der Waals surface area contributed by atoms with Gasteiger partial charge in [-0.25, -0.2) is 4.98 Å². The fourth-order valence-corrected chi connectivity index (χ4v) is 7.22. The van der Waals surface area contributed by atoms with Gasteiger partial charge in [0, 0.05) is 43.3 Å². The highest BCUT2D eigenvalue weighted by atomic mass is 16.5. The summed E-state index contributed by atoms with van der Waals surface area (Å²) < 4.78 is 10.3. The summed E-state index contributed by atoms with van der Waals surface area (Å²) >= 11 is 0. The van der Waals surface area contributed by atoms with Crippen LogP contribution in [-0.4, -0.2) is 49.6 Å². The highest BCUT2D eigenvalue weighted by molar-refractivity contribution is 6.00. The Hall–Kier alpha value is -3.35. The molecule has 0 bridgehead atoms. The topological polar surface area (TPSA) is 65.2 Å².